The summed E-state index contributed by atoms with van der Waals surface area (Å²) in [6, 6.07) is 0. The van der Waals surface area contributed by atoms with Crippen LogP contribution in [0.25, 0.3) is 0 Å². The summed E-state index contributed by atoms with van der Waals surface area (Å²) in [4.78, 5) is 0. The number of rotatable bonds is 4. The average Bonchev–Trinajstić information content (AvgIpc) is 2.54. The van der Waals surface area contributed by atoms with Crippen molar-refractivity contribution in [1.29, 1.82) is 0 Å². The van der Waals surface area contributed by atoms with E-state index in [1.165, 1.54) is 0 Å². The quantitative estimate of drug-likeness (QED) is 0.642. The molecule has 0 bridgehead atoms. The van der Waals surface area contributed by atoms with Crippen molar-refractivity contribution >= 4 is 15.4 Å². The fourth-order valence-corrected chi connectivity index (χ4v) is 4.07. The van der Waals surface area contributed by atoms with E-state index in [1.807, 2.05) is 27.7 Å². The fourth-order valence-electron chi connectivity index (χ4n) is 2.69. The van der Waals surface area contributed by atoms with Gasteiger partial charge < -0.3 is 13.7 Å². The Bertz CT molecular complexity index is 489. The molecule has 0 aromatic heterocycles. The Morgan fingerprint density at radius 3 is 2.00 bits per heavy atom. The molecule has 2 fully saturated rings. The molecule has 0 N–H and O–H groups in total. The van der Waals surface area contributed by atoms with Gasteiger partial charge in [0.25, 0.3) is 0 Å². The van der Waals surface area contributed by atoms with Gasteiger partial charge >= 0.3 is 7.12 Å². The van der Waals surface area contributed by atoms with Crippen molar-refractivity contribution in [3.63, 3.8) is 0 Å². The normalized spacial score (nSPS) is 30.4. The van der Waals surface area contributed by atoms with Crippen LogP contribution in [0.2, 0.25) is 18.1 Å². The minimum absolute atomic E-state index is 0.210. The van der Waals surface area contributed by atoms with E-state index in [0.29, 0.717) is 0 Å². The predicted octanol–water partition coefficient (Wildman–Crippen LogP) is 5.27. The summed E-state index contributed by atoms with van der Waals surface area (Å²) in [6.07, 6.45) is 3.71. The van der Waals surface area contributed by atoms with Crippen LogP contribution in [-0.4, -0.2) is 32.7 Å². The Balaban J connectivity index is 1.88. The highest BCUT2D eigenvalue weighted by Gasteiger charge is 2.53. The average molecular weight is 356 g/mol. The third kappa shape index (κ3) is 3.97. The molecule has 6 heteroatoms. The van der Waals surface area contributed by atoms with E-state index < -0.39 is 26.6 Å². The lowest BCUT2D eigenvalue weighted by atomic mass is 9.78. The lowest BCUT2D eigenvalue weighted by Gasteiger charge is -2.44. The molecule has 0 unspecified atom stereocenters. The molecule has 0 spiro atoms. The van der Waals surface area contributed by atoms with Crippen molar-refractivity contribution in [3.05, 3.63) is 11.8 Å². The molecule has 1 aliphatic carbocycles. The number of halogens is 1. The Morgan fingerprint density at radius 1 is 1.12 bits per heavy atom. The first-order chi connectivity index (χ1) is 10.6. The maximum absolute atomic E-state index is 14.5. The maximum atomic E-state index is 14.5. The Kier molecular flexibility index (Phi) is 5.22. The van der Waals surface area contributed by atoms with Crippen LogP contribution in [-0.2, 0) is 13.7 Å². The number of hydrogen-bond acceptors (Lipinski definition) is 3. The number of allylic oxidation sites excluding steroid dienone is 1. The minimum atomic E-state index is -1.73. The van der Waals surface area contributed by atoms with Crippen molar-refractivity contribution in [1.82, 2.24) is 0 Å². The summed E-state index contributed by atoms with van der Waals surface area (Å²) >= 11 is 0. The van der Waals surface area contributed by atoms with Crippen LogP contribution >= 0.6 is 0 Å². The molecule has 0 radical (unpaired) electrons. The van der Waals surface area contributed by atoms with Crippen LogP contribution in [0.5, 0.6) is 0 Å². The lowest BCUT2D eigenvalue weighted by molar-refractivity contribution is 0.00578. The van der Waals surface area contributed by atoms with E-state index in [0.717, 1.165) is 12.8 Å². The van der Waals surface area contributed by atoms with Gasteiger partial charge in [-0.05, 0) is 64.6 Å². The molecule has 1 aliphatic heterocycles. The largest absolute Gasteiger partial charge is 0.524 e. The lowest BCUT2D eigenvalue weighted by Crippen LogP contribution is -2.47. The van der Waals surface area contributed by atoms with Gasteiger partial charge in [-0.25, -0.2) is 4.39 Å². The second kappa shape index (κ2) is 6.22. The maximum Gasteiger partial charge on any atom is 0.524 e. The van der Waals surface area contributed by atoms with Crippen LogP contribution in [0.3, 0.4) is 0 Å². The van der Waals surface area contributed by atoms with Crippen molar-refractivity contribution in [2.24, 2.45) is 5.92 Å². The van der Waals surface area contributed by atoms with Gasteiger partial charge in [-0.3, -0.25) is 0 Å². The summed E-state index contributed by atoms with van der Waals surface area (Å²) in [5.74, 6) is 0.221. The first-order valence-electron chi connectivity index (χ1n) is 9.05. The summed E-state index contributed by atoms with van der Waals surface area (Å²) in [5.41, 5.74) is -1.31. The van der Waals surface area contributed by atoms with Crippen molar-refractivity contribution in [2.45, 2.75) is 96.7 Å². The first-order valence-corrected chi connectivity index (χ1v) is 12.0. The SMILES string of the molecule is CC1(C)OB(C(F)=CC2CC(O[Si](C)(C)C(C)(C)C)C2)OC1(C)C. The molecule has 3 nitrogen and oxygen atoms in total. The van der Waals surface area contributed by atoms with Gasteiger partial charge in [0.2, 0.25) is 0 Å². The van der Waals surface area contributed by atoms with Crippen molar-refractivity contribution < 1.29 is 18.1 Å². The van der Waals surface area contributed by atoms with Gasteiger partial charge in [0.15, 0.2) is 8.32 Å². The molecule has 24 heavy (non-hydrogen) atoms. The van der Waals surface area contributed by atoms with Gasteiger partial charge in [0, 0.05) is 6.10 Å². The van der Waals surface area contributed by atoms with E-state index in [1.54, 1.807) is 6.08 Å². The fraction of sp³-hybridized carbons (Fsp3) is 0.889. The first kappa shape index (κ1) is 20.1. The molecule has 0 atom stereocenters. The summed E-state index contributed by atoms with van der Waals surface area (Å²) in [6.45, 7) is 19.0. The standard InChI is InChI=1S/C18H34BFO3Si/c1-16(2,3)24(8,9)21-14-10-13(11-14)12-15(20)19-22-17(4,5)18(6,7)23-19/h12-14H,10-11H2,1-9H3. The van der Waals surface area contributed by atoms with E-state index >= 15 is 0 Å². The molecule has 1 saturated carbocycles. The van der Waals surface area contributed by atoms with Gasteiger partial charge in [0.05, 0.1) is 11.2 Å². The zero-order valence-electron chi connectivity index (χ0n) is 16.8. The smallest absolute Gasteiger partial charge is 0.414 e. The van der Waals surface area contributed by atoms with Crippen LogP contribution in [0.1, 0.15) is 61.3 Å². The zero-order valence-corrected chi connectivity index (χ0v) is 17.8. The molecule has 0 amide bonds. The molecule has 0 aromatic carbocycles. The van der Waals surface area contributed by atoms with Crippen LogP contribution < -0.4 is 0 Å². The second-order valence-electron chi connectivity index (χ2n) is 9.87. The highest BCUT2D eigenvalue weighted by Crippen LogP contribution is 2.43. The minimum Gasteiger partial charge on any atom is -0.414 e. The molecule has 1 saturated heterocycles. The molecule has 0 aromatic rings. The van der Waals surface area contributed by atoms with Crippen LogP contribution in [0.4, 0.5) is 4.39 Å². The third-order valence-corrected chi connectivity index (χ3v) is 10.8. The van der Waals surface area contributed by atoms with Gasteiger partial charge in [-0.1, -0.05) is 26.8 Å². The van der Waals surface area contributed by atoms with Crippen molar-refractivity contribution in [2.75, 3.05) is 0 Å². The number of hydrogen-bond donors (Lipinski definition) is 0. The Labute approximate surface area is 148 Å². The van der Waals surface area contributed by atoms with E-state index in [4.69, 9.17) is 13.7 Å². The topological polar surface area (TPSA) is 27.7 Å². The molecule has 2 rings (SSSR count). The van der Waals surface area contributed by atoms with E-state index in [9.17, 15) is 4.39 Å². The third-order valence-electron chi connectivity index (χ3n) is 6.27. The molecule has 2 aliphatic rings. The van der Waals surface area contributed by atoms with Crippen molar-refractivity contribution in [3.8, 4) is 0 Å². The zero-order chi connectivity index (χ0) is 18.6. The predicted molar refractivity (Wildman–Crippen MR) is 100 cm³/mol. The van der Waals surface area contributed by atoms with Crippen LogP contribution in [0, 0.1) is 5.92 Å². The van der Waals surface area contributed by atoms with Gasteiger partial charge in [0.1, 0.15) is 5.73 Å². The Hall–Kier alpha value is -0.168. The Morgan fingerprint density at radius 2 is 1.58 bits per heavy atom. The van der Waals surface area contributed by atoms with Gasteiger partial charge in [-0.15, -0.1) is 0 Å². The summed E-state index contributed by atoms with van der Waals surface area (Å²) in [5, 5.41) is 0.210. The molecular weight excluding hydrogens is 322 g/mol. The second-order valence-corrected chi connectivity index (χ2v) is 14.6. The summed E-state index contributed by atoms with van der Waals surface area (Å²) < 4.78 is 32.4. The molecular formula is C18H34BFO3Si. The monoisotopic (exact) mass is 356 g/mol. The molecule has 1 heterocycles. The van der Waals surface area contributed by atoms with E-state index in [2.05, 4.69) is 33.9 Å². The van der Waals surface area contributed by atoms with E-state index in [-0.39, 0.29) is 22.8 Å². The van der Waals surface area contributed by atoms with Gasteiger partial charge in [-0.2, -0.15) is 0 Å². The summed E-state index contributed by atoms with van der Waals surface area (Å²) in [7, 11) is -2.61. The highest BCUT2D eigenvalue weighted by atomic mass is 28.4. The van der Waals surface area contributed by atoms with Crippen LogP contribution in [0.15, 0.2) is 11.8 Å². The highest BCUT2D eigenvalue weighted by molar-refractivity contribution is 6.74. The molecule has 138 valence electrons.